The lowest BCUT2D eigenvalue weighted by Crippen LogP contribution is -2.51. The lowest BCUT2D eigenvalue weighted by atomic mass is 10.1. The van der Waals surface area contributed by atoms with Gasteiger partial charge >= 0.3 is 17.7 Å². The van der Waals surface area contributed by atoms with Crippen LogP contribution in [0, 0.1) is 12.8 Å². The van der Waals surface area contributed by atoms with Crippen molar-refractivity contribution in [3.63, 3.8) is 0 Å². The molecule has 2 heterocycles. The molecule has 2 rings (SSSR count). The molecule has 1 unspecified atom stereocenters. The summed E-state index contributed by atoms with van der Waals surface area (Å²) in [5.74, 6) is -2.36. The molecule has 1 aromatic rings. The molecule has 1 aromatic heterocycles. The summed E-state index contributed by atoms with van der Waals surface area (Å²) in [6, 6.07) is 3.47. The quantitative estimate of drug-likeness (QED) is 0.530. The van der Waals surface area contributed by atoms with Crippen molar-refractivity contribution in [1.82, 2.24) is 0 Å². The van der Waals surface area contributed by atoms with Crippen molar-refractivity contribution in [2.45, 2.75) is 6.92 Å². The van der Waals surface area contributed by atoms with Gasteiger partial charge < -0.3 is 5.11 Å². The first-order chi connectivity index (χ1) is 7.09. The van der Waals surface area contributed by atoms with E-state index in [1.807, 2.05) is 6.92 Å². The number of nitrogens with zero attached hydrogens (tertiary/aromatic N) is 2. The summed E-state index contributed by atoms with van der Waals surface area (Å²) < 4.78 is 1.26. The van der Waals surface area contributed by atoms with Crippen LogP contribution in [0.3, 0.4) is 0 Å². The van der Waals surface area contributed by atoms with Gasteiger partial charge in [0.15, 0.2) is 0 Å². The number of aromatic nitrogens is 1. The first-order valence-electron chi connectivity index (χ1n) is 4.43. The van der Waals surface area contributed by atoms with Crippen LogP contribution in [0.2, 0.25) is 0 Å². The first kappa shape index (κ1) is 9.51. The lowest BCUT2D eigenvalue weighted by Gasteiger charge is -2.07. The van der Waals surface area contributed by atoms with Gasteiger partial charge in [-0.2, -0.15) is 4.57 Å². The number of hydrogen-bond acceptors (Lipinski definition) is 3. The van der Waals surface area contributed by atoms with Crippen molar-refractivity contribution in [3.05, 3.63) is 23.9 Å². The molecule has 0 aliphatic carbocycles. The fourth-order valence-electron chi connectivity index (χ4n) is 1.41. The second-order valence-electron chi connectivity index (χ2n) is 3.36. The van der Waals surface area contributed by atoms with Gasteiger partial charge in [-0.25, -0.2) is 4.79 Å². The Hall–Kier alpha value is -2.04. The molecule has 0 aromatic carbocycles. The highest BCUT2D eigenvalue weighted by atomic mass is 16.4. The van der Waals surface area contributed by atoms with E-state index in [0.717, 1.165) is 5.56 Å². The molecule has 0 bridgehead atoms. The number of aryl methyl sites for hydroxylation is 1. The number of fused-ring (bicyclic) bond motifs is 1. The van der Waals surface area contributed by atoms with Crippen LogP contribution in [0.1, 0.15) is 10.4 Å². The molecule has 1 atom stereocenters. The Kier molecular flexibility index (Phi) is 2.07. The summed E-state index contributed by atoms with van der Waals surface area (Å²) >= 11 is 0. The highest BCUT2D eigenvalue weighted by Crippen LogP contribution is 2.13. The summed E-state index contributed by atoms with van der Waals surface area (Å²) in [5, 5.41) is 8.76. The normalized spacial score (nSPS) is 18.7. The monoisotopic (exact) mass is 205 g/mol. The van der Waals surface area contributed by atoms with E-state index >= 15 is 0 Å². The van der Waals surface area contributed by atoms with Crippen LogP contribution < -0.4 is 4.57 Å². The van der Waals surface area contributed by atoms with Crippen LogP contribution in [0.5, 0.6) is 0 Å². The zero-order valence-corrected chi connectivity index (χ0v) is 8.04. The van der Waals surface area contributed by atoms with E-state index in [1.54, 1.807) is 18.3 Å². The van der Waals surface area contributed by atoms with E-state index in [4.69, 9.17) is 5.11 Å². The van der Waals surface area contributed by atoms with E-state index < -0.39 is 17.8 Å². The van der Waals surface area contributed by atoms with E-state index in [0.29, 0.717) is 5.82 Å². The number of carbonyl (C=O) groups excluding carboxylic acids is 1. The van der Waals surface area contributed by atoms with Crippen LogP contribution in [-0.2, 0) is 4.79 Å². The summed E-state index contributed by atoms with van der Waals surface area (Å²) in [5.41, 5.74) is 0.972. The number of aliphatic carboxylic acids is 1. The van der Waals surface area contributed by atoms with E-state index in [-0.39, 0.29) is 0 Å². The summed E-state index contributed by atoms with van der Waals surface area (Å²) in [4.78, 5) is 26.3. The van der Waals surface area contributed by atoms with Crippen molar-refractivity contribution in [2.75, 3.05) is 0 Å². The van der Waals surface area contributed by atoms with Crippen LogP contribution in [0.4, 0.5) is 5.82 Å². The van der Waals surface area contributed by atoms with Gasteiger partial charge in [-0.15, -0.1) is 0 Å². The van der Waals surface area contributed by atoms with Gasteiger partial charge in [0.1, 0.15) is 6.21 Å². The van der Waals surface area contributed by atoms with Gasteiger partial charge in [-0.1, -0.05) is 4.99 Å². The third-order valence-electron chi connectivity index (χ3n) is 2.22. The predicted octanol–water partition coefficient (Wildman–Crippen LogP) is 0.339. The smallest absolute Gasteiger partial charge is 0.336 e. The third-order valence-corrected chi connectivity index (χ3v) is 2.22. The number of carboxylic acids is 1. The molecule has 5 heteroatoms. The Morgan fingerprint density at radius 3 is 3.00 bits per heavy atom. The Balaban J connectivity index is 2.51. The number of aliphatic imine (C=N–C) groups is 1. The minimum absolute atomic E-state index is 0.470. The molecule has 1 aliphatic rings. The molecule has 0 amide bonds. The maximum Gasteiger partial charge on any atom is 0.336 e. The van der Waals surface area contributed by atoms with Gasteiger partial charge in [-0.05, 0) is 18.6 Å². The molecular weight excluding hydrogens is 196 g/mol. The molecule has 76 valence electrons. The van der Waals surface area contributed by atoms with Gasteiger partial charge in [-0.3, -0.25) is 4.79 Å². The van der Waals surface area contributed by atoms with Crippen molar-refractivity contribution < 1.29 is 19.3 Å². The second-order valence-corrected chi connectivity index (χ2v) is 3.36. The summed E-state index contributed by atoms with van der Waals surface area (Å²) in [7, 11) is 0. The van der Waals surface area contributed by atoms with Crippen LogP contribution in [-0.4, -0.2) is 23.2 Å². The molecule has 0 radical (unpaired) electrons. The Bertz CT molecular complexity index is 480. The van der Waals surface area contributed by atoms with Gasteiger partial charge in [0.2, 0.25) is 5.92 Å². The van der Waals surface area contributed by atoms with Gasteiger partial charge in [0.25, 0.3) is 0 Å². The van der Waals surface area contributed by atoms with Gasteiger partial charge in [0, 0.05) is 6.07 Å². The average molecular weight is 205 g/mol. The molecule has 0 spiro atoms. The summed E-state index contributed by atoms with van der Waals surface area (Å²) in [6.07, 6.45) is 2.71. The number of pyridine rings is 1. The molecule has 15 heavy (non-hydrogen) atoms. The fourth-order valence-corrected chi connectivity index (χ4v) is 1.41. The maximum atomic E-state index is 11.7. The predicted molar refractivity (Wildman–Crippen MR) is 51.3 cm³/mol. The Morgan fingerprint density at radius 1 is 1.60 bits per heavy atom. The lowest BCUT2D eigenvalue weighted by molar-refractivity contribution is -0.563. The van der Waals surface area contributed by atoms with Crippen LogP contribution >= 0.6 is 0 Å². The van der Waals surface area contributed by atoms with Crippen molar-refractivity contribution in [3.8, 4) is 0 Å². The van der Waals surface area contributed by atoms with Crippen LogP contribution in [0.15, 0.2) is 23.3 Å². The Morgan fingerprint density at radius 2 is 2.33 bits per heavy atom. The molecule has 0 fully saturated rings. The maximum absolute atomic E-state index is 11.7. The SMILES string of the molecule is Cc1cc[n+]2c(c1)N=CC(C(=O)O)C2=O. The number of rotatable bonds is 1. The molecule has 0 saturated carbocycles. The van der Waals surface area contributed by atoms with E-state index in [2.05, 4.69) is 4.99 Å². The molecule has 1 N–H and O–H groups in total. The molecule has 1 aliphatic heterocycles. The molecule has 0 saturated heterocycles. The van der Waals surface area contributed by atoms with E-state index in [9.17, 15) is 9.59 Å². The van der Waals surface area contributed by atoms with E-state index in [1.165, 1.54) is 10.8 Å². The minimum atomic E-state index is -1.18. The largest absolute Gasteiger partial charge is 0.480 e. The number of carboxylic acid groups (broad SMARTS) is 1. The first-order valence-corrected chi connectivity index (χ1v) is 4.43. The van der Waals surface area contributed by atoms with Gasteiger partial charge in [0.05, 0.1) is 6.20 Å². The van der Waals surface area contributed by atoms with Crippen molar-refractivity contribution in [1.29, 1.82) is 0 Å². The van der Waals surface area contributed by atoms with Crippen molar-refractivity contribution in [2.24, 2.45) is 10.9 Å². The third kappa shape index (κ3) is 1.52. The molecular formula is C10H9N2O3+. The molecule has 5 nitrogen and oxygen atoms in total. The van der Waals surface area contributed by atoms with Crippen LogP contribution in [0.25, 0.3) is 0 Å². The number of hydrogen-bond donors (Lipinski definition) is 1. The standard InChI is InChI=1S/C10H8N2O3/c1-6-2-3-12-8(4-6)11-5-7(9(12)13)10(14)15/h2-5,7H,1H3/p+1. The minimum Gasteiger partial charge on any atom is -0.480 e. The average Bonchev–Trinajstić information content (AvgIpc) is 2.17. The van der Waals surface area contributed by atoms with Crippen molar-refractivity contribution >= 4 is 23.9 Å². The fraction of sp³-hybridized carbons (Fsp3) is 0.200. The zero-order valence-electron chi connectivity index (χ0n) is 8.04. The highest BCUT2D eigenvalue weighted by Gasteiger charge is 2.36. The topological polar surface area (TPSA) is 70.6 Å². The number of carbonyl (C=O) groups is 2. The Labute approximate surface area is 85.7 Å². The summed E-state index contributed by atoms with van der Waals surface area (Å²) in [6.45, 7) is 1.88. The second kappa shape index (κ2) is 3.27. The highest BCUT2D eigenvalue weighted by molar-refractivity contribution is 6.09. The zero-order chi connectivity index (χ0) is 11.0.